The van der Waals surface area contributed by atoms with Crippen LogP contribution in [0.4, 0.5) is 0 Å². The topological polar surface area (TPSA) is 76.2 Å². The minimum atomic E-state index is -0.674. The summed E-state index contributed by atoms with van der Waals surface area (Å²) in [5, 5.41) is 0. The molecule has 3 aliphatic rings. The molecule has 146 valence electrons. The lowest BCUT2D eigenvalue weighted by Gasteiger charge is -2.32. The third-order valence-corrected chi connectivity index (χ3v) is 6.20. The molecule has 0 N–H and O–H groups in total. The number of carbonyl (C=O) groups excluding carboxylic acids is 3. The second-order valence-corrected chi connectivity index (χ2v) is 7.75. The van der Waals surface area contributed by atoms with Gasteiger partial charge in [0.1, 0.15) is 0 Å². The van der Waals surface area contributed by atoms with Crippen LogP contribution in [-0.4, -0.2) is 73.6 Å². The lowest BCUT2D eigenvalue weighted by Crippen LogP contribution is -2.45. The number of amides is 2. The maximum absolute atomic E-state index is 13.0. The average molecular weight is 366 g/mol. The molecule has 2 amide bonds. The molecular weight excluding hydrogens is 336 g/mol. The minimum absolute atomic E-state index is 0.0177. The molecule has 26 heavy (non-hydrogen) atoms. The molecule has 0 spiro atoms. The molecule has 0 aliphatic carbocycles. The molecule has 3 rings (SSSR count). The van der Waals surface area contributed by atoms with Gasteiger partial charge in [-0.3, -0.25) is 14.4 Å². The SMILES string of the molecule is CCOC(=O)[C@@]12CCCN(C(=O)C3CCOCC3)C[C@@H]1CN(C(C)=O)C2. The van der Waals surface area contributed by atoms with Gasteiger partial charge in [0.25, 0.3) is 0 Å². The van der Waals surface area contributed by atoms with E-state index in [0.29, 0.717) is 52.4 Å². The minimum Gasteiger partial charge on any atom is -0.466 e. The predicted octanol–water partition coefficient (Wildman–Crippen LogP) is 1.06. The summed E-state index contributed by atoms with van der Waals surface area (Å²) in [6.45, 7) is 7.08. The van der Waals surface area contributed by atoms with Crippen molar-refractivity contribution in [3.8, 4) is 0 Å². The first kappa shape index (κ1) is 19.1. The number of likely N-dealkylation sites (tertiary alicyclic amines) is 2. The Morgan fingerprint density at radius 3 is 2.50 bits per heavy atom. The average Bonchev–Trinajstić information content (AvgIpc) is 2.91. The quantitative estimate of drug-likeness (QED) is 0.698. The summed E-state index contributed by atoms with van der Waals surface area (Å²) in [4.78, 5) is 41.4. The molecule has 0 radical (unpaired) electrons. The Kier molecular flexibility index (Phi) is 5.85. The van der Waals surface area contributed by atoms with Gasteiger partial charge in [-0.1, -0.05) is 0 Å². The molecule has 3 saturated heterocycles. The fourth-order valence-electron chi connectivity index (χ4n) is 4.68. The fraction of sp³-hybridized carbons (Fsp3) is 0.842. The van der Waals surface area contributed by atoms with E-state index >= 15 is 0 Å². The summed E-state index contributed by atoms with van der Waals surface area (Å²) in [6, 6.07) is 0. The van der Waals surface area contributed by atoms with E-state index in [4.69, 9.17) is 9.47 Å². The van der Waals surface area contributed by atoms with E-state index < -0.39 is 5.41 Å². The molecule has 0 unspecified atom stereocenters. The first-order chi connectivity index (χ1) is 12.5. The van der Waals surface area contributed by atoms with Crippen LogP contribution in [-0.2, 0) is 23.9 Å². The number of fused-ring (bicyclic) bond motifs is 1. The van der Waals surface area contributed by atoms with Gasteiger partial charge in [0, 0.05) is 58.2 Å². The smallest absolute Gasteiger partial charge is 0.314 e. The maximum Gasteiger partial charge on any atom is 0.314 e. The van der Waals surface area contributed by atoms with Crippen LogP contribution >= 0.6 is 0 Å². The zero-order chi connectivity index (χ0) is 18.7. The number of nitrogens with zero attached hydrogens (tertiary/aromatic N) is 2. The van der Waals surface area contributed by atoms with Gasteiger partial charge >= 0.3 is 5.97 Å². The van der Waals surface area contributed by atoms with Gasteiger partial charge in [-0.15, -0.1) is 0 Å². The van der Waals surface area contributed by atoms with E-state index in [1.165, 1.54) is 6.92 Å². The molecule has 3 heterocycles. The van der Waals surface area contributed by atoms with Gasteiger partial charge in [0.2, 0.25) is 11.8 Å². The molecule has 0 bridgehead atoms. The molecule has 0 saturated carbocycles. The highest BCUT2D eigenvalue weighted by molar-refractivity contribution is 5.82. The highest BCUT2D eigenvalue weighted by atomic mass is 16.5. The summed E-state index contributed by atoms with van der Waals surface area (Å²) in [6.07, 6.45) is 2.96. The van der Waals surface area contributed by atoms with Crippen molar-refractivity contribution >= 4 is 17.8 Å². The summed E-state index contributed by atoms with van der Waals surface area (Å²) in [7, 11) is 0. The van der Waals surface area contributed by atoms with Gasteiger partial charge in [-0.2, -0.15) is 0 Å². The molecule has 0 aromatic carbocycles. The lowest BCUT2D eigenvalue weighted by atomic mass is 9.75. The van der Waals surface area contributed by atoms with Crippen molar-refractivity contribution in [1.82, 2.24) is 9.80 Å². The molecule has 3 aliphatic heterocycles. The summed E-state index contributed by atoms with van der Waals surface area (Å²) >= 11 is 0. The lowest BCUT2D eigenvalue weighted by molar-refractivity contribution is -0.158. The van der Waals surface area contributed by atoms with Crippen molar-refractivity contribution in [3.05, 3.63) is 0 Å². The molecule has 0 aromatic rings. The third-order valence-electron chi connectivity index (χ3n) is 6.20. The first-order valence-corrected chi connectivity index (χ1v) is 9.77. The Morgan fingerprint density at radius 2 is 1.85 bits per heavy atom. The fourth-order valence-corrected chi connectivity index (χ4v) is 4.68. The van der Waals surface area contributed by atoms with E-state index in [2.05, 4.69) is 0 Å². The molecular formula is C19H30N2O5. The van der Waals surface area contributed by atoms with Crippen molar-refractivity contribution < 1.29 is 23.9 Å². The summed E-state index contributed by atoms with van der Waals surface area (Å²) in [5.74, 6) is -0.103. The Bertz CT molecular complexity index is 560. The molecule has 7 nitrogen and oxygen atoms in total. The number of hydrogen-bond donors (Lipinski definition) is 0. The highest BCUT2D eigenvalue weighted by Gasteiger charge is 2.55. The number of rotatable bonds is 3. The van der Waals surface area contributed by atoms with E-state index in [0.717, 1.165) is 19.3 Å². The molecule has 2 atom stereocenters. The van der Waals surface area contributed by atoms with Crippen molar-refractivity contribution in [3.63, 3.8) is 0 Å². The van der Waals surface area contributed by atoms with E-state index in [1.807, 2.05) is 4.90 Å². The van der Waals surface area contributed by atoms with Crippen LogP contribution in [0.25, 0.3) is 0 Å². The number of hydrogen-bond acceptors (Lipinski definition) is 5. The third kappa shape index (κ3) is 3.59. The van der Waals surface area contributed by atoms with Crippen LogP contribution in [0.3, 0.4) is 0 Å². The van der Waals surface area contributed by atoms with Crippen molar-refractivity contribution in [2.75, 3.05) is 46.0 Å². The molecule has 7 heteroatoms. The van der Waals surface area contributed by atoms with Crippen molar-refractivity contribution in [1.29, 1.82) is 0 Å². The van der Waals surface area contributed by atoms with Crippen LogP contribution in [0, 0.1) is 17.3 Å². The summed E-state index contributed by atoms with van der Waals surface area (Å²) in [5.41, 5.74) is -0.674. The standard InChI is InChI=1S/C19H30N2O5/c1-3-26-18(24)19-7-4-8-20(17(23)15-5-9-25-10-6-15)11-16(19)12-21(13-19)14(2)22/h15-16H,3-13H2,1-2H3/t16-,19-/m1/s1. The highest BCUT2D eigenvalue weighted by Crippen LogP contribution is 2.44. The van der Waals surface area contributed by atoms with Crippen LogP contribution in [0.15, 0.2) is 0 Å². The first-order valence-electron chi connectivity index (χ1n) is 9.77. The van der Waals surface area contributed by atoms with E-state index in [-0.39, 0.29) is 29.6 Å². The summed E-state index contributed by atoms with van der Waals surface area (Å²) < 4.78 is 10.8. The molecule has 3 fully saturated rings. The predicted molar refractivity (Wildman–Crippen MR) is 94.2 cm³/mol. The van der Waals surface area contributed by atoms with E-state index in [9.17, 15) is 14.4 Å². The Balaban J connectivity index is 1.79. The van der Waals surface area contributed by atoms with Gasteiger partial charge in [0.15, 0.2) is 0 Å². The monoisotopic (exact) mass is 366 g/mol. The number of ether oxygens (including phenoxy) is 2. The zero-order valence-corrected chi connectivity index (χ0v) is 15.9. The van der Waals surface area contributed by atoms with Crippen molar-refractivity contribution in [2.24, 2.45) is 17.3 Å². The largest absolute Gasteiger partial charge is 0.466 e. The Morgan fingerprint density at radius 1 is 1.15 bits per heavy atom. The molecule has 0 aromatic heterocycles. The number of carbonyl (C=O) groups is 3. The van der Waals surface area contributed by atoms with E-state index in [1.54, 1.807) is 11.8 Å². The zero-order valence-electron chi connectivity index (χ0n) is 15.9. The second kappa shape index (κ2) is 7.94. The van der Waals surface area contributed by atoms with Crippen LogP contribution < -0.4 is 0 Å². The normalized spacial score (nSPS) is 29.8. The van der Waals surface area contributed by atoms with Gasteiger partial charge < -0.3 is 19.3 Å². The van der Waals surface area contributed by atoms with Gasteiger partial charge in [-0.25, -0.2) is 0 Å². The Hall–Kier alpha value is -1.63. The van der Waals surface area contributed by atoms with Crippen LogP contribution in [0.1, 0.15) is 39.5 Å². The van der Waals surface area contributed by atoms with Gasteiger partial charge in [-0.05, 0) is 32.6 Å². The second-order valence-electron chi connectivity index (χ2n) is 7.75. The van der Waals surface area contributed by atoms with Crippen LogP contribution in [0.2, 0.25) is 0 Å². The Labute approximate surface area is 155 Å². The maximum atomic E-state index is 13.0. The number of esters is 1. The van der Waals surface area contributed by atoms with Gasteiger partial charge in [0.05, 0.1) is 12.0 Å². The van der Waals surface area contributed by atoms with Crippen LogP contribution in [0.5, 0.6) is 0 Å². The van der Waals surface area contributed by atoms with Crippen molar-refractivity contribution in [2.45, 2.75) is 39.5 Å².